The molecule has 20 heavy (non-hydrogen) atoms. The highest BCUT2D eigenvalue weighted by atomic mass is 16.5. The van der Waals surface area contributed by atoms with Gasteiger partial charge in [0, 0.05) is 24.2 Å². The monoisotopic (exact) mass is 277 g/mol. The molecule has 1 aromatic rings. The van der Waals surface area contributed by atoms with E-state index in [4.69, 9.17) is 9.47 Å². The third-order valence-corrected chi connectivity index (χ3v) is 4.55. The van der Waals surface area contributed by atoms with Crippen LogP contribution in [0, 0.1) is 5.41 Å². The van der Waals surface area contributed by atoms with Crippen LogP contribution < -0.4 is 14.8 Å². The van der Waals surface area contributed by atoms with E-state index in [1.54, 1.807) is 14.2 Å². The standard InChI is InChI=1S/C17H27NO2/c1-13(18-12-17(2)9-5-6-10-17)15-8-7-14(19-3)11-16(15)20-4/h7-8,11,13,18H,5-6,9-10,12H2,1-4H3. The van der Waals surface area contributed by atoms with Gasteiger partial charge in [-0.1, -0.05) is 25.8 Å². The Kier molecular flexibility index (Phi) is 4.92. The number of methoxy groups -OCH3 is 2. The van der Waals surface area contributed by atoms with Gasteiger partial charge in [0.15, 0.2) is 0 Å². The third kappa shape index (κ3) is 3.45. The van der Waals surface area contributed by atoms with Gasteiger partial charge in [0.25, 0.3) is 0 Å². The number of hydrogen-bond donors (Lipinski definition) is 1. The van der Waals surface area contributed by atoms with Crippen LogP contribution in [0.15, 0.2) is 18.2 Å². The van der Waals surface area contributed by atoms with E-state index >= 15 is 0 Å². The van der Waals surface area contributed by atoms with Crippen molar-refractivity contribution in [3.63, 3.8) is 0 Å². The molecule has 0 amide bonds. The van der Waals surface area contributed by atoms with Crippen molar-refractivity contribution < 1.29 is 9.47 Å². The molecule has 1 aromatic carbocycles. The maximum atomic E-state index is 5.49. The number of benzene rings is 1. The van der Waals surface area contributed by atoms with Crippen molar-refractivity contribution in [2.45, 2.75) is 45.6 Å². The first kappa shape index (κ1) is 15.2. The predicted octanol–water partition coefficient (Wildman–Crippen LogP) is 3.93. The summed E-state index contributed by atoms with van der Waals surface area (Å²) >= 11 is 0. The van der Waals surface area contributed by atoms with Crippen LogP contribution in [0.4, 0.5) is 0 Å². The van der Waals surface area contributed by atoms with Gasteiger partial charge in [-0.25, -0.2) is 0 Å². The average Bonchev–Trinajstić information content (AvgIpc) is 2.91. The summed E-state index contributed by atoms with van der Waals surface area (Å²) in [5.74, 6) is 1.72. The minimum absolute atomic E-state index is 0.285. The Bertz CT molecular complexity index is 439. The Labute approximate surface area is 122 Å². The molecule has 1 saturated carbocycles. The molecule has 2 rings (SSSR count). The number of rotatable bonds is 6. The van der Waals surface area contributed by atoms with Crippen LogP contribution in [0.5, 0.6) is 11.5 Å². The second-order valence-corrected chi connectivity index (χ2v) is 6.23. The second kappa shape index (κ2) is 6.49. The number of ether oxygens (including phenoxy) is 2. The van der Waals surface area contributed by atoms with Gasteiger partial charge in [-0.3, -0.25) is 0 Å². The van der Waals surface area contributed by atoms with Crippen LogP contribution in [-0.4, -0.2) is 20.8 Å². The van der Waals surface area contributed by atoms with E-state index in [-0.39, 0.29) is 6.04 Å². The summed E-state index contributed by atoms with van der Waals surface area (Å²) in [7, 11) is 3.39. The first-order chi connectivity index (χ1) is 9.58. The van der Waals surface area contributed by atoms with E-state index in [0.717, 1.165) is 18.0 Å². The average molecular weight is 277 g/mol. The van der Waals surface area contributed by atoms with Gasteiger partial charge in [0.1, 0.15) is 11.5 Å². The third-order valence-electron chi connectivity index (χ3n) is 4.55. The molecular weight excluding hydrogens is 250 g/mol. The SMILES string of the molecule is COc1ccc(C(C)NCC2(C)CCCC2)c(OC)c1. The summed E-state index contributed by atoms with van der Waals surface area (Å²) in [6.07, 6.45) is 5.43. The van der Waals surface area contributed by atoms with Crippen molar-refractivity contribution in [1.82, 2.24) is 5.32 Å². The van der Waals surface area contributed by atoms with E-state index in [9.17, 15) is 0 Å². The van der Waals surface area contributed by atoms with Crippen LogP contribution in [0.1, 0.15) is 51.1 Å². The Morgan fingerprint density at radius 1 is 1.20 bits per heavy atom. The zero-order valence-corrected chi connectivity index (χ0v) is 13.2. The molecule has 0 saturated heterocycles. The molecule has 0 spiro atoms. The Hall–Kier alpha value is -1.22. The van der Waals surface area contributed by atoms with Crippen molar-refractivity contribution in [2.24, 2.45) is 5.41 Å². The summed E-state index contributed by atoms with van der Waals surface area (Å²) in [6, 6.07) is 6.32. The first-order valence-corrected chi connectivity index (χ1v) is 7.53. The van der Waals surface area contributed by atoms with Gasteiger partial charge in [0.05, 0.1) is 14.2 Å². The van der Waals surface area contributed by atoms with Gasteiger partial charge in [-0.15, -0.1) is 0 Å². The zero-order chi connectivity index (χ0) is 14.6. The Balaban J connectivity index is 2.02. The summed E-state index contributed by atoms with van der Waals surface area (Å²) in [6.45, 7) is 5.66. The molecule has 0 radical (unpaired) electrons. The molecule has 1 fully saturated rings. The Morgan fingerprint density at radius 3 is 2.50 bits per heavy atom. The van der Waals surface area contributed by atoms with Crippen molar-refractivity contribution in [3.05, 3.63) is 23.8 Å². The number of hydrogen-bond acceptors (Lipinski definition) is 3. The molecule has 1 atom stereocenters. The normalized spacial score (nSPS) is 18.8. The molecule has 1 unspecified atom stereocenters. The van der Waals surface area contributed by atoms with Crippen LogP contribution in [0.3, 0.4) is 0 Å². The van der Waals surface area contributed by atoms with Crippen molar-refractivity contribution in [2.75, 3.05) is 20.8 Å². The minimum Gasteiger partial charge on any atom is -0.497 e. The Morgan fingerprint density at radius 2 is 1.90 bits per heavy atom. The van der Waals surface area contributed by atoms with E-state index in [0.29, 0.717) is 5.41 Å². The smallest absolute Gasteiger partial charge is 0.127 e. The van der Waals surface area contributed by atoms with Crippen LogP contribution >= 0.6 is 0 Å². The molecule has 0 heterocycles. The highest BCUT2D eigenvalue weighted by Crippen LogP contribution is 2.37. The van der Waals surface area contributed by atoms with Crippen molar-refractivity contribution in [1.29, 1.82) is 0 Å². The van der Waals surface area contributed by atoms with Gasteiger partial charge < -0.3 is 14.8 Å². The van der Waals surface area contributed by atoms with Crippen molar-refractivity contribution in [3.8, 4) is 11.5 Å². The van der Waals surface area contributed by atoms with E-state index in [1.807, 2.05) is 12.1 Å². The largest absolute Gasteiger partial charge is 0.497 e. The molecule has 1 N–H and O–H groups in total. The predicted molar refractivity (Wildman–Crippen MR) is 82.5 cm³/mol. The lowest BCUT2D eigenvalue weighted by Crippen LogP contribution is -2.31. The molecular formula is C17H27NO2. The molecule has 112 valence electrons. The highest BCUT2D eigenvalue weighted by molar-refractivity contribution is 5.42. The summed E-state index contributed by atoms with van der Waals surface area (Å²) in [4.78, 5) is 0. The van der Waals surface area contributed by atoms with Gasteiger partial charge in [-0.05, 0) is 31.2 Å². The second-order valence-electron chi connectivity index (χ2n) is 6.23. The molecule has 0 aromatic heterocycles. The van der Waals surface area contributed by atoms with Gasteiger partial charge >= 0.3 is 0 Å². The van der Waals surface area contributed by atoms with E-state index in [2.05, 4.69) is 25.2 Å². The molecule has 1 aliphatic rings. The van der Waals surface area contributed by atoms with Crippen molar-refractivity contribution >= 4 is 0 Å². The maximum absolute atomic E-state index is 5.49. The zero-order valence-electron chi connectivity index (χ0n) is 13.2. The topological polar surface area (TPSA) is 30.5 Å². The van der Waals surface area contributed by atoms with E-state index < -0.39 is 0 Å². The molecule has 0 bridgehead atoms. The van der Waals surface area contributed by atoms with Crippen LogP contribution in [-0.2, 0) is 0 Å². The number of nitrogens with one attached hydrogen (secondary N) is 1. The molecule has 3 heteroatoms. The summed E-state index contributed by atoms with van der Waals surface area (Å²) in [5.41, 5.74) is 1.66. The lowest BCUT2D eigenvalue weighted by Gasteiger charge is -2.27. The fraction of sp³-hybridized carbons (Fsp3) is 0.647. The molecule has 1 aliphatic carbocycles. The lowest BCUT2D eigenvalue weighted by atomic mass is 9.88. The lowest BCUT2D eigenvalue weighted by molar-refractivity contribution is 0.299. The summed E-state index contributed by atoms with van der Waals surface area (Å²) < 4.78 is 10.7. The minimum atomic E-state index is 0.285. The van der Waals surface area contributed by atoms with E-state index in [1.165, 1.54) is 31.2 Å². The van der Waals surface area contributed by atoms with Gasteiger partial charge in [-0.2, -0.15) is 0 Å². The van der Waals surface area contributed by atoms with Gasteiger partial charge in [0.2, 0.25) is 0 Å². The van der Waals surface area contributed by atoms with Crippen LogP contribution in [0.2, 0.25) is 0 Å². The quantitative estimate of drug-likeness (QED) is 0.854. The summed E-state index contributed by atoms with van der Waals surface area (Å²) in [5, 5.41) is 3.67. The highest BCUT2D eigenvalue weighted by Gasteiger charge is 2.28. The van der Waals surface area contributed by atoms with Crippen LogP contribution in [0.25, 0.3) is 0 Å². The fourth-order valence-electron chi connectivity index (χ4n) is 3.09. The maximum Gasteiger partial charge on any atom is 0.127 e. The molecule has 0 aliphatic heterocycles. The fourth-order valence-corrected chi connectivity index (χ4v) is 3.09. The first-order valence-electron chi connectivity index (χ1n) is 7.53. The molecule has 3 nitrogen and oxygen atoms in total.